The molecular formula is C15H14O. The molecule has 80 valence electrons. The van der Waals surface area contributed by atoms with E-state index in [1.54, 1.807) is 0 Å². The maximum absolute atomic E-state index is 5.72. The summed E-state index contributed by atoms with van der Waals surface area (Å²) in [5, 5.41) is 2.57. The smallest absolute Gasteiger partial charge is 0.131 e. The van der Waals surface area contributed by atoms with E-state index >= 15 is 0 Å². The third kappa shape index (κ3) is 1.18. The molecule has 0 saturated heterocycles. The van der Waals surface area contributed by atoms with Crippen LogP contribution in [0.15, 0.2) is 48.7 Å². The van der Waals surface area contributed by atoms with E-state index in [1.807, 2.05) is 0 Å². The summed E-state index contributed by atoms with van der Waals surface area (Å²) in [4.78, 5) is 0. The molecule has 0 radical (unpaired) electrons. The summed E-state index contributed by atoms with van der Waals surface area (Å²) >= 11 is 0. The van der Waals surface area contributed by atoms with Crippen LogP contribution in [0.25, 0.3) is 10.8 Å². The van der Waals surface area contributed by atoms with Crippen molar-refractivity contribution in [2.24, 2.45) is 0 Å². The van der Waals surface area contributed by atoms with Crippen LogP contribution in [0.3, 0.4) is 0 Å². The van der Waals surface area contributed by atoms with E-state index in [4.69, 9.17) is 4.74 Å². The lowest BCUT2D eigenvalue weighted by atomic mass is 9.92. The van der Waals surface area contributed by atoms with Gasteiger partial charge in [-0.05, 0) is 23.3 Å². The normalized spacial score (nSPS) is 18.6. The van der Waals surface area contributed by atoms with Crippen LogP contribution < -0.4 is 4.74 Å². The minimum atomic E-state index is 0.348. The van der Waals surface area contributed by atoms with E-state index in [-0.39, 0.29) is 0 Å². The number of ether oxygens (including phenoxy) is 1. The van der Waals surface area contributed by atoms with Crippen molar-refractivity contribution in [1.82, 2.24) is 0 Å². The zero-order valence-corrected chi connectivity index (χ0v) is 9.36. The Morgan fingerprint density at radius 3 is 2.81 bits per heavy atom. The van der Waals surface area contributed by atoms with Gasteiger partial charge in [-0.1, -0.05) is 43.8 Å². The monoisotopic (exact) mass is 210 g/mol. The van der Waals surface area contributed by atoms with Gasteiger partial charge >= 0.3 is 0 Å². The molecule has 0 N–H and O–H groups in total. The van der Waals surface area contributed by atoms with E-state index in [9.17, 15) is 0 Å². The number of hydrogen-bond acceptors (Lipinski definition) is 1. The minimum Gasteiger partial charge on any atom is -0.461 e. The lowest BCUT2D eigenvalue weighted by Crippen LogP contribution is -1.95. The standard InChI is InChI=1S/C15H14O/c1-3-12-10(2)16-14-9-8-11-6-4-5-7-13(11)15(12)14/h4-9,12H,2-3H2,1H3/t12-/m0/s1. The highest BCUT2D eigenvalue weighted by molar-refractivity contribution is 5.89. The van der Waals surface area contributed by atoms with Gasteiger partial charge < -0.3 is 4.74 Å². The van der Waals surface area contributed by atoms with Crippen LogP contribution in [0, 0.1) is 0 Å². The summed E-state index contributed by atoms with van der Waals surface area (Å²) in [6.07, 6.45) is 1.04. The summed E-state index contributed by atoms with van der Waals surface area (Å²) in [6.45, 7) is 6.18. The predicted molar refractivity (Wildman–Crippen MR) is 66.7 cm³/mol. The Bertz CT molecular complexity index is 569. The SMILES string of the molecule is C=C1Oc2ccc3ccccc3c2[C@H]1CC. The van der Waals surface area contributed by atoms with Crippen molar-refractivity contribution in [1.29, 1.82) is 0 Å². The van der Waals surface area contributed by atoms with Gasteiger partial charge in [0.15, 0.2) is 0 Å². The van der Waals surface area contributed by atoms with Crippen molar-refractivity contribution in [3.63, 3.8) is 0 Å². The van der Waals surface area contributed by atoms with Crippen LogP contribution in [0.4, 0.5) is 0 Å². The molecule has 1 aliphatic heterocycles. The molecule has 16 heavy (non-hydrogen) atoms. The average molecular weight is 210 g/mol. The third-order valence-corrected chi connectivity index (χ3v) is 3.32. The highest BCUT2D eigenvalue weighted by Crippen LogP contribution is 2.45. The molecule has 1 heterocycles. The largest absolute Gasteiger partial charge is 0.461 e. The Balaban J connectivity index is 2.35. The fourth-order valence-corrected chi connectivity index (χ4v) is 2.53. The first-order valence-electron chi connectivity index (χ1n) is 5.69. The van der Waals surface area contributed by atoms with Crippen LogP contribution in [0.1, 0.15) is 24.8 Å². The highest BCUT2D eigenvalue weighted by atomic mass is 16.5. The van der Waals surface area contributed by atoms with E-state index in [2.05, 4.69) is 49.9 Å². The number of benzene rings is 2. The average Bonchev–Trinajstić information content (AvgIpc) is 2.65. The molecule has 2 aromatic carbocycles. The number of hydrogen-bond donors (Lipinski definition) is 0. The van der Waals surface area contributed by atoms with E-state index < -0.39 is 0 Å². The van der Waals surface area contributed by atoms with Crippen molar-refractivity contribution in [3.05, 3.63) is 54.3 Å². The van der Waals surface area contributed by atoms with Gasteiger partial charge in [0.25, 0.3) is 0 Å². The Morgan fingerprint density at radius 1 is 1.19 bits per heavy atom. The van der Waals surface area contributed by atoms with E-state index in [1.165, 1.54) is 16.3 Å². The molecular weight excluding hydrogens is 196 g/mol. The Kier molecular flexibility index (Phi) is 2.00. The van der Waals surface area contributed by atoms with Crippen molar-refractivity contribution < 1.29 is 4.74 Å². The molecule has 0 spiro atoms. The molecule has 1 nitrogen and oxygen atoms in total. The number of allylic oxidation sites excluding steroid dienone is 1. The topological polar surface area (TPSA) is 9.23 Å². The first-order valence-corrected chi connectivity index (χ1v) is 5.69. The van der Waals surface area contributed by atoms with Crippen LogP contribution in [0.2, 0.25) is 0 Å². The van der Waals surface area contributed by atoms with E-state index in [0.717, 1.165) is 17.9 Å². The predicted octanol–water partition coefficient (Wildman–Crippen LogP) is 4.24. The van der Waals surface area contributed by atoms with Gasteiger partial charge in [-0.2, -0.15) is 0 Å². The van der Waals surface area contributed by atoms with Gasteiger partial charge in [0, 0.05) is 11.5 Å². The van der Waals surface area contributed by atoms with E-state index in [0.29, 0.717) is 5.92 Å². The molecule has 2 aromatic rings. The second-order valence-corrected chi connectivity index (χ2v) is 4.23. The molecule has 1 heteroatoms. The molecule has 0 fully saturated rings. The maximum atomic E-state index is 5.72. The summed E-state index contributed by atoms with van der Waals surface area (Å²) in [5.74, 6) is 2.21. The molecule has 3 rings (SSSR count). The quantitative estimate of drug-likeness (QED) is 0.684. The number of rotatable bonds is 1. The van der Waals surface area contributed by atoms with Gasteiger partial charge in [-0.15, -0.1) is 0 Å². The molecule has 0 bridgehead atoms. The van der Waals surface area contributed by atoms with Gasteiger partial charge in [0.2, 0.25) is 0 Å². The first-order chi connectivity index (χ1) is 7.81. The second kappa shape index (κ2) is 3.38. The summed E-state index contributed by atoms with van der Waals surface area (Å²) in [6, 6.07) is 12.6. The Morgan fingerprint density at radius 2 is 2.00 bits per heavy atom. The van der Waals surface area contributed by atoms with Crippen molar-refractivity contribution in [2.75, 3.05) is 0 Å². The van der Waals surface area contributed by atoms with Crippen LogP contribution in [-0.2, 0) is 0 Å². The van der Waals surface area contributed by atoms with Crippen LogP contribution in [0.5, 0.6) is 5.75 Å². The van der Waals surface area contributed by atoms with Crippen LogP contribution >= 0.6 is 0 Å². The molecule has 0 aromatic heterocycles. The molecule has 1 atom stereocenters. The molecule has 0 unspecified atom stereocenters. The molecule has 1 aliphatic rings. The summed E-state index contributed by atoms with van der Waals surface area (Å²) in [5.41, 5.74) is 1.31. The lowest BCUT2D eigenvalue weighted by molar-refractivity contribution is 0.427. The van der Waals surface area contributed by atoms with Gasteiger partial charge in [0.1, 0.15) is 11.5 Å². The Labute approximate surface area is 95.4 Å². The zero-order valence-electron chi connectivity index (χ0n) is 9.36. The third-order valence-electron chi connectivity index (χ3n) is 3.32. The van der Waals surface area contributed by atoms with Gasteiger partial charge in [0.05, 0.1) is 0 Å². The van der Waals surface area contributed by atoms with Crippen molar-refractivity contribution >= 4 is 10.8 Å². The molecule has 0 saturated carbocycles. The fourth-order valence-electron chi connectivity index (χ4n) is 2.53. The first kappa shape index (κ1) is 9.46. The van der Waals surface area contributed by atoms with Gasteiger partial charge in [-0.3, -0.25) is 0 Å². The summed E-state index contributed by atoms with van der Waals surface area (Å²) in [7, 11) is 0. The minimum absolute atomic E-state index is 0.348. The Hall–Kier alpha value is -1.76. The highest BCUT2D eigenvalue weighted by Gasteiger charge is 2.28. The van der Waals surface area contributed by atoms with Crippen LogP contribution in [-0.4, -0.2) is 0 Å². The molecule has 0 amide bonds. The number of fused-ring (bicyclic) bond motifs is 3. The zero-order chi connectivity index (χ0) is 11.1. The van der Waals surface area contributed by atoms with Gasteiger partial charge in [-0.25, -0.2) is 0 Å². The van der Waals surface area contributed by atoms with Crippen molar-refractivity contribution in [3.8, 4) is 5.75 Å². The lowest BCUT2D eigenvalue weighted by Gasteiger charge is -2.08. The van der Waals surface area contributed by atoms with Crippen molar-refractivity contribution in [2.45, 2.75) is 19.3 Å². The fraction of sp³-hybridized carbons (Fsp3) is 0.200. The molecule has 0 aliphatic carbocycles. The maximum Gasteiger partial charge on any atom is 0.131 e. The second-order valence-electron chi connectivity index (χ2n) is 4.23. The summed E-state index contributed by atoms with van der Waals surface area (Å²) < 4.78 is 5.72.